The number of hydrogen-bond donors (Lipinski definition) is 0. The highest BCUT2D eigenvalue weighted by Crippen LogP contribution is 2.37. The molecule has 3 rings (SSSR count). The van der Waals surface area contributed by atoms with E-state index in [2.05, 4.69) is 19.7 Å². The molecule has 0 aliphatic carbocycles. The summed E-state index contributed by atoms with van der Waals surface area (Å²) >= 11 is 0. The van der Waals surface area contributed by atoms with E-state index in [1.807, 2.05) is 0 Å². The van der Waals surface area contributed by atoms with Gasteiger partial charge in [0.15, 0.2) is 11.6 Å². The third kappa shape index (κ3) is 7.88. The number of ether oxygens (including phenoxy) is 4. The zero-order valence-electron chi connectivity index (χ0n) is 23.7. The molecule has 9 heteroatoms. The predicted molar refractivity (Wildman–Crippen MR) is 155 cm³/mol. The van der Waals surface area contributed by atoms with E-state index in [4.69, 9.17) is 18.9 Å². The van der Waals surface area contributed by atoms with Crippen LogP contribution in [0.1, 0.15) is 34.1 Å². The molecule has 0 aromatic heterocycles. The van der Waals surface area contributed by atoms with Gasteiger partial charge < -0.3 is 18.9 Å². The summed E-state index contributed by atoms with van der Waals surface area (Å²) in [6.45, 7) is 16.6. The third-order valence-corrected chi connectivity index (χ3v) is 5.61. The molecule has 0 saturated heterocycles. The quantitative estimate of drug-likeness (QED) is 0.146. The summed E-state index contributed by atoms with van der Waals surface area (Å²) in [5.41, 5.74) is 1.84. The lowest BCUT2D eigenvalue weighted by Crippen LogP contribution is -2.12. The minimum Gasteiger partial charge on any atom is -0.426 e. The predicted octanol–water partition coefficient (Wildman–Crippen LogP) is 6.92. The molecule has 3 aromatic carbocycles. The Labute approximate surface area is 242 Å². The molecule has 0 bridgehead atoms. The van der Waals surface area contributed by atoms with E-state index in [1.165, 1.54) is 32.9 Å². The van der Waals surface area contributed by atoms with E-state index < -0.39 is 35.4 Å². The first kappa shape index (κ1) is 31.2. The van der Waals surface area contributed by atoms with Crippen molar-refractivity contribution in [2.24, 2.45) is 0 Å². The molecule has 0 N–H and O–H groups in total. The zero-order valence-corrected chi connectivity index (χ0v) is 23.7. The number of halogens is 1. The van der Waals surface area contributed by atoms with Crippen LogP contribution in [0.25, 0.3) is 22.3 Å². The van der Waals surface area contributed by atoms with Gasteiger partial charge in [0.1, 0.15) is 17.2 Å². The van der Waals surface area contributed by atoms with Crippen LogP contribution in [0, 0.1) is 5.82 Å². The van der Waals surface area contributed by atoms with Gasteiger partial charge in [-0.3, -0.25) is 4.79 Å². The lowest BCUT2D eigenvalue weighted by Gasteiger charge is -2.14. The lowest BCUT2D eigenvalue weighted by atomic mass is 9.99. The second kappa shape index (κ2) is 13.4. The van der Waals surface area contributed by atoms with E-state index in [0.717, 1.165) is 6.07 Å². The number of carbonyl (C=O) groups excluding carboxylic acids is 4. The fraction of sp³-hybridized carbons (Fsp3) is 0.152. The van der Waals surface area contributed by atoms with Crippen LogP contribution in [0.3, 0.4) is 0 Å². The van der Waals surface area contributed by atoms with Crippen molar-refractivity contribution < 1.29 is 42.5 Å². The van der Waals surface area contributed by atoms with Gasteiger partial charge in [0.25, 0.3) is 0 Å². The second-order valence-corrected chi connectivity index (χ2v) is 9.39. The van der Waals surface area contributed by atoms with Crippen molar-refractivity contribution in [3.8, 4) is 45.3 Å². The van der Waals surface area contributed by atoms with Crippen molar-refractivity contribution >= 4 is 23.9 Å². The second-order valence-electron chi connectivity index (χ2n) is 9.39. The van der Waals surface area contributed by atoms with Gasteiger partial charge >= 0.3 is 23.9 Å². The van der Waals surface area contributed by atoms with Crippen LogP contribution in [0.2, 0.25) is 0 Å². The van der Waals surface area contributed by atoms with Crippen LogP contribution < -0.4 is 18.9 Å². The molecule has 0 fully saturated rings. The molecular weight excluding hydrogens is 543 g/mol. The number of carbonyl (C=O) groups is 4. The molecule has 0 saturated carbocycles. The van der Waals surface area contributed by atoms with Crippen LogP contribution in [0.15, 0.2) is 91.1 Å². The summed E-state index contributed by atoms with van der Waals surface area (Å²) in [5.74, 6) is -3.83. The smallest absolute Gasteiger partial charge is 0.338 e. The number of rotatable bonds is 10. The Morgan fingerprint density at radius 1 is 0.619 bits per heavy atom. The van der Waals surface area contributed by atoms with Crippen molar-refractivity contribution in [3.63, 3.8) is 0 Å². The summed E-state index contributed by atoms with van der Waals surface area (Å²) in [7, 11) is 0. The molecule has 42 heavy (non-hydrogen) atoms. The topological polar surface area (TPSA) is 105 Å². The fourth-order valence-electron chi connectivity index (χ4n) is 3.39. The molecule has 0 unspecified atom stereocenters. The molecule has 0 atom stereocenters. The van der Waals surface area contributed by atoms with Crippen molar-refractivity contribution in [1.82, 2.24) is 0 Å². The Balaban J connectivity index is 2.06. The molecule has 216 valence electrons. The maximum Gasteiger partial charge on any atom is 0.338 e. The van der Waals surface area contributed by atoms with E-state index in [-0.39, 0.29) is 46.0 Å². The molecule has 0 radical (unpaired) electrons. The average Bonchev–Trinajstić information content (AvgIpc) is 2.94. The molecule has 0 amide bonds. The SMILES string of the molecule is C=C(C)C(=O)Oc1cc(OC(=O)CC)cc(-c2ccc(-c3cc(OC(=O)C(=C)C)cc(OC(=O)C(=C)C)c3F)cc2)c1. The Bertz CT molecular complexity index is 1620. The van der Waals surface area contributed by atoms with Crippen LogP contribution in [-0.4, -0.2) is 23.9 Å². The van der Waals surface area contributed by atoms with Crippen LogP contribution in [0.5, 0.6) is 23.0 Å². The van der Waals surface area contributed by atoms with E-state index in [0.29, 0.717) is 16.7 Å². The minimum absolute atomic E-state index is 0.0141. The molecule has 0 aliphatic heterocycles. The fourth-order valence-corrected chi connectivity index (χ4v) is 3.39. The average molecular weight is 573 g/mol. The molecule has 3 aromatic rings. The Kier molecular flexibility index (Phi) is 9.93. The summed E-state index contributed by atoms with van der Waals surface area (Å²) in [6, 6.07) is 13.5. The Morgan fingerprint density at radius 3 is 1.57 bits per heavy atom. The van der Waals surface area contributed by atoms with Gasteiger partial charge in [0.05, 0.1) is 0 Å². The summed E-state index contributed by atoms with van der Waals surface area (Å²) in [5, 5.41) is 0. The lowest BCUT2D eigenvalue weighted by molar-refractivity contribution is -0.134. The highest BCUT2D eigenvalue weighted by atomic mass is 19.1. The molecule has 8 nitrogen and oxygen atoms in total. The first-order valence-electron chi connectivity index (χ1n) is 12.7. The number of hydrogen-bond acceptors (Lipinski definition) is 8. The maximum atomic E-state index is 15.6. The van der Waals surface area contributed by atoms with Crippen LogP contribution in [-0.2, 0) is 19.2 Å². The molecule has 0 heterocycles. The normalized spacial score (nSPS) is 10.3. The zero-order chi connectivity index (χ0) is 31.1. The molecule has 0 spiro atoms. The first-order valence-corrected chi connectivity index (χ1v) is 12.7. The van der Waals surface area contributed by atoms with Gasteiger partial charge in [-0.05, 0) is 55.7 Å². The summed E-state index contributed by atoms with van der Waals surface area (Å²) in [6.07, 6.45) is 0.135. The monoisotopic (exact) mass is 572 g/mol. The summed E-state index contributed by atoms with van der Waals surface area (Å²) < 4.78 is 36.7. The van der Waals surface area contributed by atoms with E-state index >= 15 is 4.39 Å². The van der Waals surface area contributed by atoms with E-state index in [1.54, 1.807) is 43.3 Å². The number of esters is 4. The van der Waals surface area contributed by atoms with Crippen molar-refractivity contribution in [2.75, 3.05) is 0 Å². The molecule has 0 aliphatic rings. The maximum absolute atomic E-state index is 15.6. The van der Waals surface area contributed by atoms with Gasteiger partial charge in [0.2, 0.25) is 0 Å². The third-order valence-electron chi connectivity index (χ3n) is 5.61. The molecular formula is C33H29FO8. The first-order chi connectivity index (χ1) is 19.8. The van der Waals surface area contributed by atoms with Crippen LogP contribution in [0.4, 0.5) is 4.39 Å². The highest BCUT2D eigenvalue weighted by molar-refractivity contribution is 5.91. The largest absolute Gasteiger partial charge is 0.426 e. The standard InChI is InChI=1S/C33H29FO8/c1-8-29(35)39-24-13-23(14-25(15-24)40-31(36)18(2)3)21-9-11-22(12-10-21)27-16-26(41-32(37)19(4)5)17-28(30(27)34)42-33(38)20(6)7/h9-17H,2,4,6,8H2,1,3,5,7H3. The Morgan fingerprint density at radius 2 is 1.07 bits per heavy atom. The van der Waals surface area contributed by atoms with E-state index in [9.17, 15) is 19.2 Å². The van der Waals surface area contributed by atoms with Gasteiger partial charge in [-0.2, -0.15) is 0 Å². The van der Waals surface area contributed by atoms with Gasteiger partial charge in [0, 0.05) is 40.8 Å². The van der Waals surface area contributed by atoms with Crippen molar-refractivity contribution in [1.29, 1.82) is 0 Å². The van der Waals surface area contributed by atoms with Gasteiger partial charge in [-0.15, -0.1) is 0 Å². The van der Waals surface area contributed by atoms with Gasteiger partial charge in [-0.25, -0.2) is 18.8 Å². The van der Waals surface area contributed by atoms with Crippen LogP contribution >= 0.6 is 0 Å². The van der Waals surface area contributed by atoms with Crippen molar-refractivity contribution in [2.45, 2.75) is 34.1 Å². The summed E-state index contributed by atoms with van der Waals surface area (Å²) in [4.78, 5) is 48.3. The minimum atomic E-state index is -0.866. The van der Waals surface area contributed by atoms with Crippen molar-refractivity contribution in [3.05, 3.63) is 96.9 Å². The number of benzene rings is 3. The Hall–Kier alpha value is -5.31. The van der Waals surface area contributed by atoms with Gasteiger partial charge in [-0.1, -0.05) is 50.9 Å². The highest BCUT2D eigenvalue weighted by Gasteiger charge is 2.20.